The van der Waals surface area contributed by atoms with Gasteiger partial charge in [-0.25, -0.2) is 43.9 Å². The first-order chi connectivity index (χ1) is 18.0. The zero-order chi connectivity index (χ0) is 27.6. The van der Waals surface area contributed by atoms with Crippen molar-refractivity contribution in [2.45, 2.75) is 0 Å². The van der Waals surface area contributed by atoms with Crippen molar-refractivity contribution in [2.24, 2.45) is 0 Å². The lowest BCUT2D eigenvalue weighted by atomic mass is 9.85. The second kappa shape index (κ2) is 8.93. The third kappa shape index (κ3) is 3.64. The Labute approximate surface area is 206 Å². The van der Waals surface area contributed by atoms with Crippen LogP contribution in [-0.4, -0.2) is 7.11 Å². The topological polar surface area (TPSA) is 9.23 Å². The third-order valence-corrected chi connectivity index (χ3v) is 6.08. The molecular formula is C27H10F10O. The van der Waals surface area contributed by atoms with E-state index in [2.05, 4.69) is 0 Å². The average Bonchev–Trinajstić information content (AvgIpc) is 2.87. The van der Waals surface area contributed by atoms with Gasteiger partial charge in [-0.3, -0.25) is 0 Å². The second-order valence-corrected chi connectivity index (χ2v) is 8.16. The van der Waals surface area contributed by atoms with E-state index < -0.39 is 96.6 Å². The van der Waals surface area contributed by atoms with E-state index >= 15 is 8.78 Å². The predicted molar refractivity (Wildman–Crippen MR) is 118 cm³/mol. The monoisotopic (exact) mass is 540 g/mol. The molecule has 0 aliphatic carbocycles. The minimum atomic E-state index is -2.49. The SMILES string of the molecule is COc1cc(F)c(-c2c3ccc(F)cc3c(-c3c(F)c(F)c(F)c(F)c3F)c3cc(F)c(F)cc23)c(F)c1. The van der Waals surface area contributed by atoms with Crippen LogP contribution in [0.3, 0.4) is 0 Å². The Kier molecular flexibility index (Phi) is 5.96. The summed E-state index contributed by atoms with van der Waals surface area (Å²) >= 11 is 0. The predicted octanol–water partition coefficient (Wildman–Crippen LogP) is 8.73. The van der Waals surface area contributed by atoms with Gasteiger partial charge >= 0.3 is 0 Å². The number of hydrogen-bond acceptors (Lipinski definition) is 1. The molecule has 11 heteroatoms. The Balaban J connectivity index is 2.11. The van der Waals surface area contributed by atoms with Gasteiger partial charge in [-0.15, -0.1) is 0 Å². The molecule has 0 unspecified atom stereocenters. The summed E-state index contributed by atoms with van der Waals surface area (Å²) in [7, 11) is 1.12. The highest BCUT2D eigenvalue weighted by Gasteiger charge is 2.31. The highest BCUT2D eigenvalue weighted by molar-refractivity contribution is 6.21. The molecule has 0 bridgehead atoms. The number of benzene rings is 5. The van der Waals surface area contributed by atoms with Crippen LogP contribution < -0.4 is 4.74 Å². The molecule has 0 aliphatic heterocycles. The maximum absolute atomic E-state index is 15.2. The molecule has 0 radical (unpaired) electrons. The van der Waals surface area contributed by atoms with E-state index in [1.165, 1.54) is 0 Å². The van der Waals surface area contributed by atoms with Gasteiger partial charge in [0, 0.05) is 23.3 Å². The average molecular weight is 540 g/mol. The first kappa shape index (κ1) is 25.4. The van der Waals surface area contributed by atoms with Crippen LogP contribution >= 0.6 is 0 Å². The minimum Gasteiger partial charge on any atom is -0.497 e. The smallest absolute Gasteiger partial charge is 0.200 e. The lowest BCUT2D eigenvalue weighted by Gasteiger charge is -2.20. The molecule has 1 nitrogen and oxygen atoms in total. The van der Waals surface area contributed by atoms with Crippen molar-refractivity contribution in [3.63, 3.8) is 0 Å². The first-order valence-corrected chi connectivity index (χ1v) is 10.5. The van der Waals surface area contributed by atoms with Gasteiger partial charge in [-0.2, -0.15) is 0 Å². The van der Waals surface area contributed by atoms with Gasteiger partial charge < -0.3 is 4.74 Å². The Hall–Kier alpha value is -4.28. The largest absolute Gasteiger partial charge is 0.497 e. The fourth-order valence-corrected chi connectivity index (χ4v) is 4.46. The van der Waals surface area contributed by atoms with E-state index in [-0.39, 0.29) is 11.1 Å². The highest BCUT2D eigenvalue weighted by atomic mass is 19.2. The molecule has 0 heterocycles. The maximum atomic E-state index is 15.2. The van der Waals surface area contributed by atoms with Crippen LogP contribution in [0.2, 0.25) is 0 Å². The van der Waals surface area contributed by atoms with Gasteiger partial charge in [0.05, 0.1) is 18.2 Å². The zero-order valence-electron chi connectivity index (χ0n) is 18.7. The molecular weight excluding hydrogens is 530 g/mol. The van der Waals surface area contributed by atoms with Crippen molar-refractivity contribution < 1.29 is 48.6 Å². The number of fused-ring (bicyclic) bond motifs is 2. The van der Waals surface area contributed by atoms with E-state index in [0.717, 1.165) is 31.4 Å². The van der Waals surface area contributed by atoms with Crippen LogP contribution in [0.1, 0.15) is 0 Å². The van der Waals surface area contributed by atoms with Gasteiger partial charge in [0.2, 0.25) is 5.82 Å². The summed E-state index contributed by atoms with van der Waals surface area (Å²) in [5.41, 5.74) is -3.82. The van der Waals surface area contributed by atoms with Crippen molar-refractivity contribution >= 4 is 21.5 Å². The summed E-state index contributed by atoms with van der Waals surface area (Å²) in [5, 5.41) is -2.25. The van der Waals surface area contributed by atoms with Crippen LogP contribution in [0.15, 0.2) is 42.5 Å². The van der Waals surface area contributed by atoms with E-state index in [1.807, 2.05) is 0 Å². The standard InChI is InChI=1S/C27H10F10O/c1-38-10-5-17(31)21(18(32)6-10)19-11-3-2-9(28)4-12(11)20(14-8-16(30)15(29)7-13(14)19)22-23(33)25(35)27(37)26(36)24(22)34/h2-8H,1H3. The number of methoxy groups -OCH3 is 1. The van der Waals surface area contributed by atoms with Gasteiger partial charge in [0.15, 0.2) is 34.9 Å². The summed E-state index contributed by atoms with van der Waals surface area (Å²) in [6, 6.07) is 4.63. The van der Waals surface area contributed by atoms with Crippen molar-refractivity contribution in [3.05, 3.63) is 101 Å². The van der Waals surface area contributed by atoms with Gasteiger partial charge in [-0.05, 0) is 45.8 Å². The molecule has 38 heavy (non-hydrogen) atoms. The Bertz CT molecular complexity index is 1760. The number of halogens is 10. The van der Waals surface area contributed by atoms with E-state index in [1.54, 1.807) is 0 Å². The zero-order valence-corrected chi connectivity index (χ0v) is 18.7. The summed E-state index contributed by atoms with van der Waals surface area (Å²) in [6.07, 6.45) is 0. The molecule has 0 atom stereocenters. The molecule has 0 aliphatic rings. The highest BCUT2D eigenvalue weighted by Crippen LogP contribution is 2.47. The van der Waals surface area contributed by atoms with Crippen LogP contribution in [-0.2, 0) is 0 Å². The van der Waals surface area contributed by atoms with Crippen molar-refractivity contribution in [3.8, 4) is 28.0 Å². The molecule has 0 spiro atoms. The molecule has 5 aromatic rings. The number of rotatable bonds is 3. The summed E-state index contributed by atoms with van der Waals surface area (Å²) in [6.45, 7) is 0. The molecule has 0 amide bonds. The quantitative estimate of drug-likeness (QED) is 0.0963. The van der Waals surface area contributed by atoms with Crippen molar-refractivity contribution in [1.29, 1.82) is 0 Å². The molecule has 5 rings (SSSR count). The fourth-order valence-electron chi connectivity index (χ4n) is 4.46. The minimum absolute atomic E-state index is 0.251. The lowest BCUT2D eigenvalue weighted by Crippen LogP contribution is -2.06. The summed E-state index contributed by atoms with van der Waals surface area (Å²) in [5.74, 6) is -18.9. The van der Waals surface area contributed by atoms with E-state index in [9.17, 15) is 35.1 Å². The summed E-state index contributed by atoms with van der Waals surface area (Å²) in [4.78, 5) is 0. The molecule has 0 aromatic heterocycles. The van der Waals surface area contributed by atoms with Crippen molar-refractivity contribution in [1.82, 2.24) is 0 Å². The molecule has 0 saturated heterocycles. The second-order valence-electron chi connectivity index (χ2n) is 8.16. The van der Waals surface area contributed by atoms with Gasteiger partial charge in [-0.1, -0.05) is 6.07 Å². The van der Waals surface area contributed by atoms with E-state index in [4.69, 9.17) is 4.74 Å². The molecule has 194 valence electrons. The Morgan fingerprint density at radius 1 is 0.421 bits per heavy atom. The van der Waals surface area contributed by atoms with Crippen molar-refractivity contribution in [2.75, 3.05) is 7.11 Å². The Morgan fingerprint density at radius 2 is 0.868 bits per heavy atom. The molecule has 0 fully saturated rings. The number of ether oxygens (including phenoxy) is 1. The molecule has 0 saturated carbocycles. The molecule has 0 N–H and O–H groups in total. The normalized spacial score (nSPS) is 11.6. The fraction of sp³-hybridized carbons (Fsp3) is 0.0370. The lowest BCUT2D eigenvalue weighted by molar-refractivity contribution is 0.381. The van der Waals surface area contributed by atoms with Crippen LogP contribution in [0.5, 0.6) is 5.75 Å². The van der Waals surface area contributed by atoms with Gasteiger partial charge in [0.25, 0.3) is 0 Å². The van der Waals surface area contributed by atoms with E-state index in [0.29, 0.717) is 18.2 Å². The Morgan fingerprint density at radius 3 is 1.37 bits per heavy atom. The first-order valence-electron chi connectivity index (χ1n) is 10.5. The van der Waals surface area contributed by atoms with Gasteiger partial charge in [0.1, 0.15) is 23.2 Å². The summed E-state index contributed by atoms with van der Waals surface area (Å²) < 4.78 is 150. The number of hydrogen-bond donors (Lipinski definition) is 0. The maximum Gasteiger partial charge on any atom is 0.200 e. The van der Waals surface area contributed by atoms with Crippen LogP contribution in [0.25, 0.3) is 43.8 Å². The van der Waals surface area contributed by atoms with Crippen LogP contribution in [0.4, 0.5) is 43.9 Å². The van der Waals surface area contributed by atoms with Crippen LogP contribution in [0, 0.1) is 58.2 Å². The third-order valence-electron chi connectivity index (χ3n) is 6.08. The molecule has 5 aromatic carbocycles.